The first-order chi connectivity index (χ1) is 12.7. The summed E-state index contributed by atoms with van der Waals surface area (Å²) in [5.74, 6) is 1.56. The summed E-state index contributed by atoms with van der Waals surface area (Å²) < 4.78 is 5.37. The number of nitrogens with one attached hydrogen (secondary N) is 3. The van der Waals surface area contributed by atoms with Crippen LogP contribution in [0.5, 0.6) is 5.75 Å². The Morgan fingerprint density at radius 1 is 1.19 bits per heavy atom. The maximum Gasteiger partial charge on any atom is 0.242 e. The van der Waals surface area contributed by atoms with Crippen molar-refractivity contribution < 1.29 is 9.53 Å². The average molecular weight is 361 g/mol. The normalized spacial score (nSPS) is 15.4. The fraction of sp³-hybridized carbons (Fsp3) is 0.600. The quantitative estimate of drug-likeness (QED) is 0.491. The summed E-state index contributed by atoms with van der Waals surface area (Å²) in [4.78, 5) is 16.5. The molecule has 1 aromatic carbocycles. The molecule has 1 aliphatic rings. The highest BCUT2D eigenvalue weighted by molar-refractivity contribution is 5.85. The van der Waals surface area contributed by atoms with Crippen LogP contribution in [0.3, 0.4) is 0 Å². The van der Waals surface area contributed by atoms with E-state index >= 15 is 0 Å². The molecule has 3 N–H and O–H groups in total. The number of aliphatic imine (C=N–C) groups is 1. The van der Waals surface area contributed by atoms with Crippen LogP contribution in [0.25, 0.3) is 0 Å². The second kappa shape index (κ2) is 11.4. The third-order valence-electron chi connectivity index (χ3n) is 4.57. The molecule has 6 heteroatoms. The third-order valence-corrected chi connectivity index (χ3v) is 4.57. The molecule has 0 heterocycles. The van der Waals surface area contributed by atoms with Crippen molar-refractivity contribution in [2.24, 2.45) is 4.99 Å². The Kier molecular flexibility index (Phi) is 8.79. The van der Waals surface area contributed by atoms with Crippen LogP contribution < -0.4 is 20.7 Å². The van der Waals surface area contributed by atoms with Crippen molar-refractivity contribution in [2.75, 3.05) is 26.7 Å². The molecule has 2 rings (SSSR count). The molecule has 0 unspecified atom stereocenters. The number of nitrogens with zero attached hydrogens (tertiary/aromatic N) is 1. The minimum atomic E-state index is -0.00108. The van der Waals surface area contributed by atoms with Crippen molar-refractivity contribution in [3.8, 4) is 5.75 Å². The van der Waals surface area contributed by atoms with E-state index in [9.17, 15) is 4.79 Å². The Balaban J connectivity index is 1.79. The fourth-order valence-electron chi connectivity index (χ4n) is 3.24. The van der Waals surface area contributed by atoms with Crippen LogP contribution in [0, 0.1) is 0 Å². The smallest absolute Gasteiger partial charge is 0.242 e. The molecule has 144 valence electrons. The van der Waals surface area contributed by atoms with Crippen molar-refractivity contribution in [3.63, 3.8) is 0 Å². The van der Waals surface area contributed by atoms with Crippen LogP contribution in [-0.2, 0) is 11.2 Å². The average Bonchev–Trinajstić information content (AvgIpc) is 2.67. The minimum absolute atomic E-state index is 0.00108. The second-order valence-corrected chi connectivity index (χ2v) is 6.59. The minimum Gasteiger partial charge on any atom is -0.496 e. The van der Waals surface area contributed by atoms with E-state index in [1.165, 1.54) is 19.3 Å². The van der Waals surface area contributed by atoms with Gasteiger partial charge in [-0.15, -0.1) is 0 Å². The van der Waals surface area contributed by atoms with Crippen LogP contribution in [0.15, 0.2) is 29.3 Å². The number of para-hydroxylation sites is 1. The van der Waals surface area contributed by atoms with Gasteiger partial charge in [0.25, 0.3) is 0 Å². The molecule has 1 amide bonds. The van der Waals surface area contributed by atoms with Gasteiger partial charge in [0.05, 0.1) is 7.11 Å². The third kappa shape index (κ3) is 6.94. The number of carbonyl (C=O) groups excluding carboxylic acids is 1. The highest BCUT2D eigenvalue weighted by Gasteiger charge is 2.15. The lowest BCUT2D eigenvalue weighted by Gasteiger charge is -2.22. The van der Waals surface area contributed by atoms with Gasteiger partial charge < -0.3 is 20.7 Å². The molecular weight excluding hydrogens is 328 g/mol. The maximum atomic E-state index is 12.1. The van der Waals surface area contributed by atoms with Crippen LogP contribution in [-0.4, -0.2) is 44.7 Å². The summed E-state index contributed by atoms with van der Waals surface area (Å²) in [6.45, 7) is 3.64. The van der Waals surface area contributed by atoms with Gasteiger partial charge in [-0.3, -0.25) is 4.79 Å². The maximum absolute atomic E-state index is 12.1. The van der Waals surface area contributed by atoms with Crippen molar-refractivity contribution >= 4 is 11.9 Å². The van der Waals surface area contributed by atoms with E-state index in [1.807, 2.05) is 25.1 Å². The van der Waals surface area contributed by atoms with Crippen molar-refractivity contribution in [1.29, 1.82) is 0 Å². The molecule has 1 aliphatic carbocycles. The fourth-order valence-corrected chi connectivity index (χ4v) is 3.24. The molecule has 0 aliphatic heterocycles. The van der Waals surface area contributed by atoms with Crippen LogP contribution >= 0.6 is 0 Å². The number of methoxy groups -OCH3 is 1. The van der Waals surface area contributed by atoms with Gasteiger partial charge in [0.15, 0.2) is 5.96 Å². The molecule has 6 nitrogen and oxygen atoms in total. The Morgan fingerprint density at radius 2 is 1.96 bits per heavy atom. The zero-order valence-electron chi connectivity index (χ0n) is 16.0. The van der Waals surface area contributed by atoms with E-state index in [0.717, 1.165) is 43.7 Å². The number of carbonyl (C=O) groups is 1. The van der Waals surface area contributed by atoms with Crippen LogP contribution in [0.4, 0.5) is 0 Å². The standard InChI is InChI=1S/C20H32N4O2/c1-3-21-20(22-14-13-16-9-7-8-12-18(16)26-2)23-15-19(25)24-17-10-5-4-6-11-17/h7-9,12,17H,3-6,10-11,13-15H2,1-2H3,(H,24,25)(H2,21,22,23). The van der Waals surface area contributed by atoms with Gasteiger partial charge in [-0.2, -0.15) is 0 Å². The summed E-state index contributed by atoms with van der Waals surface area (Å²) in [6.07, 6.45) is 6.70. The molecule has 1 aromatic rings. The molecule has 0 bridgehead atoms. The first-order valence-electron chi connectivity index (χ1n) is 9.66. The summed E-state index contributed by atoms with van der Waals surface area (Å²) in [7, 11) is 1.68. The van der Waals surface area contributed by atoms with Crippen LogP contribution in [0.2, 0.25) is 0 Å². The molecule has 1 fully saturated rings. The number of benzene rings is 1. The predicted molar refractivity (Wildman–Crippen MR) is 106 cm³/mol. The van der Waals surface area contributed by atoms with E-state index in [-0.39, 0.29) is 12.5 Å². The number of guanidine groups is 1. The van der Waals surface area contributed by atoms with Crippen molar-refractivity contribution in [2.45, 2.75) is 51.5 Å². The summed E-state index contributed by atoms with van der Waals surface area (Å²) in [5, 5.41) is 9.56. The molecular formula is C20H32N4O2. The van der Waals surface area contributed by atoms with Gasteiger partial charge in [0.2, 0.25) is 5.91 Å². The Morgan fingerprint density at radius 3 is 2.69 bits per heavy atom. The van der Waals surface area contributed by atoms with Gasteiger partial charge in [-0.05, 0) is 37.8 Å². The molecule has 0 aromatic heterocycles. The highest BCUT2D eigenvalue weighted by Crippen LogP contribution is 2.17. The highest BCUT2D eigenvalue weighted by atomic mass is 16.5. The molecule has 0 saturated heterocycles. The topological polar surface area (TPSA) is 74.8 Å². The summed E-state index contributed by atoms with van der Waals surface area (Å²) >= 11 is 0. The van der Waals surface area contributed by atoms with E-state index in [0.29, 0.717) is 12.0 Å². The van der Waals surface area contributed by atoms with E-state index < -0.39 is 0 Å². The molecule has 0 radical (unpaired) electrons. The van der Waals surface area contributed by atoms with Crippen molar-refractivity contribution in [1.82, 2.24) is 16.0 Å². The first-order valence-corrected chi connectivity index (χ1v) is 9.66. The van der Waals surface area contributed by atoms with Gasteiger partial charge in [-0.25, -0.2) is 4.99 Å². The van der Waals surface area contributed by atoms with E-state index in [2.05, 4.69) is 27.0 Å². The number of ether oxygens (including phenoxy) is 1. The Labute approximate surface area is 156 Å². The second-order valence-electron chi connectivity index (χ2n) is 6.59. The van der Waals surface area contributed by atoms with Gasteiger partial charge >= 0.3 is 0 Å². The SMILES string of the molecule is CCNC(=NCC(=O)NC1CCCCC1)NCCc1ccccc1OC. The molecule has 1 saturated carbocycles. The van der Waals surface area contributed by atoms with Gasteiger partial charge in [-0.1, -0.05) is 37.5 Å². The van der Waals surface area contributed by atoms with Gasteiger partial charge in [0.1, 0.15) is 12.3 Å². The zero-order valence-corrected chi connectivity index (χ0v) is 16.0. The lowest BCUT2D eigenvalue weighted by molar-refractivity contribution is -0.120. The Hall–Kier alpha value is -2.24. The zero-order chi connectivity index (χ0) is 18.6. The number of rotatable bonds is 8. The number of hydrogen-bond acceptors (Lipinski definition) is 3. The summed E-state index contributed by atoms with van der Waals surface area (Å²) in [6, 6.07) is 8.32. The Bertz CT molecular complexity index is 583. The van der Waals surface area contributed by atoms with Crippen molar-refractivity contribution in [3.05, 3.63) is 29.8 Å². The number of hydrogen-bond donors (Lipinski definition) is 3. The molecule has 26 heavy (non-hydrogen) atoms. The lowest BCUT2D eigenvalue weighted by Crippen LogP contribution is -2.41. The van der Waals surface area contributed by atoms with E-state index in [4.69, 9.17) is 4.74 Å². The van der Waals surface area contributed by atoms with Crippen LogP contribution in [0.1, 0.15) is 44.6 Å². The predicted octanol–water partition coefficient (Wildman–Crippen LogP) is 2.24. The molecule has 0 atom stereocenters. The van der Waals surface area contributed by atoms with Gasteiger partial charge in [0, 0.05) is 19.1 Å². The number of amides is 1. The summed E-state index contributed by atoms with van der Waals surface area (Å²) in [5.41, 5.74) is 1.15. The molecule has 0 spiro atoms. The largest absolute Gasteiger partial charge is 0.496 e. The monoisotopic (exact) mass is 360 g/mol. The lowest BCUT2D eigenvalue weighted by atomic mass is 9.95. The van der Waals surface area contributed by atoms with E-state index in [1.54, 1.807) is 7.11 Å². The first kappa shape index (κ1) is 20.1.